The number of carbonyl (C=O) groups excluding carboxylic acids is 3. The number of carboxylic acids is 3. The molecule has 0 rings (SSSR count). The fourth-order valence-corrected chi connectivity index (χ4v) is 5.80. The Balaban J connectivity index is -0.000000307. The van der Waals surface area contributed by atoms with E-state index in [0.29, 0.717) is 0 Å². The van der Waals surface area contributed by atoms with Gasteiger partial charge in [-0.1, -0.05) is 213 Å². The minimum absolute atomic E-state index is 0. The molecule has 0 unspecified atom stereocenters. The van der Waals surface area contributed by atoms with Crippen LogP contribution in [-0.2, 0) is 33.9 Å². The molecular formula is C42H81O6Ru. The Morgan fingerprint density at radius 3 is 0.510 bits per heavy atom. The van der Waals surface area contributed by atoms with E-state index in [2.05, 4.69) is 20.8 Å². The number of hydrogen-bond donors (Lipinski definition) is 0. The van der Waals surface area contributed by atoms with Crippen LogP contribution in [0, 0.1) is 0 Å². The third-order valence-electron chi connectivity index (χ3n) is 8.95. The second-order valence-corrected chi connectivity index (χ2v) is 14.0. The first-order valence-corrected chi connectivity index (χ1v) is 20.9. The van der Waals surface area contributed by atoms with Crippen molar-refractivity contribution in [1.82, 2.24) is 0 Å². The standard InChI is InChI=1S/3C14H28O2.Ru/c3*1-2-3-4-5-6-7-8-9-10-11-12-13-14(15)16;/h3*2-13H2,1H3,(H,15,16);/q;;;+3/p-3. The van der Waals surface area contributed by atoms with Crippen molar-refractivity contribution in [3.05, 3.63) is 0 Å². The Labute approximate surface area is 317 Å². The molecule has 0 aliphatic heterocycles. The van der Waals surface area contributed by atoms with E-state index >= 15 is 0 Å². The van der Waals surface area contributed by atoms with E-state index in [-0.39, 0.29) is 38.7 Å². The Hall–Kier alpha value is -0.967. The normalized spacial score (nSPS) is 10.3. The summed E-state index contributed by atoms with van der Waals surface area (Å²) in [5.74, 6) is -2.72. The van der Waals surface area contributed by atoms with Crippen LogP contribution in [0.3, 0.4) is 0 Å². The van der Waals surface area contributed by atoms with E-state index in [1.165, 1.54) is 173 Å². The summed E-state index contributed by atoms with van der Waals surface area (Å²) in [5.41, 5.74) is 0. The van der Waals surface area contributed by atoms with Crippen LogP contribution in [0.2, 0.25) is 0 Å². The van der Waals surface area contributed by atoms with E-state index in [0.717, 1.165) is 38.5 Å². The van der Waals surface area contributed by atoms with Gasteiger partial charge in [-0.2, -0.15) is 0 Å². The summed E-state index contributed by atoms with van der Waals surface area (Å²) in [4.78, 5) is 30.4. The average molecular weight is 783 g/mol. The maximum absolute atomic E-state index is 10.1. The van der Waals surface area contributed by atoms with Crippen molar-refractivity contribution in [1.29, 1.82) is 0 Å². The first-order chi connectivity index (χ1) is 23.3. The van der Waals surface area contributed by atoms with Gasteiger partial charge in [0.15, 0.2) is 0 Å². The van der Waals surface area contributed by atoms with Gasteiger partial charge in [-0.15, -0.1) is 0 Å². The molecule has 0 saturated heterocycles. The second kappa shape index (κ2) is 51.4. The molecular weight excluding hydrogens is 702 g/mol. The van der Waals surface area contributed by atoms with Gasteiger partial charge in [-0.25, -0.2) is 0 Å². The summed E-state index contributed by atoms with van der Waals surface area (Å²) in [6.45, 7) is 6.73. The zero-order valence-corrected chi connectivity index (χ0v) is 34.5. The van der Waals surface area contributed by atoms with Crippen molar-refractivity contribution in [2.24, 2.45) is 0 Å². The summed E-state index contributed by atoms with van der Waals surface area (Å²) in [6.07, 6.45) is 42.1. The van der Waals surface area contributed by atoms with Crippen LogP contribution >= 0.6 is 0 Å². The molecule has 49 heavy (non-hydrogen) atoms. The number of hydrogen-bond acceptors (Lipinski definition) is 6. The van der Waals surface area contributed by atoms with Crippen LogP contribution < -0.4 is 15.3 Å². The van der Waals surface area contributed by atoms with Gasteiger partial charge >= 0.3 is 19.5 Å². The fourth-order valence-electron chi connectivity index (χ4n) is 5.80. The van der Waals surface area contributed by atoms with Gasteiger partial charge in [0.1, 0.15) is 0 Å². The Kier molecular flexibility index (Phi) is 57.5. The van der Waals surface area contributed by atoms with Crippen LogP contribution in [0.15, 0.2) is 0 Å². The molecule has 7 heteroatoms. The molecule has 0 heterocycles. The number of aliphatic carboxylic acids is 3. The van der Waals surface area contributed by atoms with Gasteiger partial charge in [0.2, 0.25) is 0 Å². The summed E-state index contributed by atoms with van der Waals surface area (Å²) < 4.78 is 0. The van der Waals surface area contributed by atoms with Crippen molar-refractivity contribution in [3.8, 4) is 0 Å². The van der Waals surface area contributed by atoms with Gasteiger partial charge in [0.25, 0.3) is 0 Å². The van der Waals surface area contributed by atoms with Gasteiger partial charge < -0.3 is 29.7 Å². The summed E-state index contributed by atoms with van der Waals surface area (Å²) in [7, 11) is 0. The summed E-state index contributed by atoms with van der Waals surface area (Å²) >= 11 is 0. The molecule has 1 radical (unpaired) electrons. The van der Waals surface area contributed by atoms with Crippen molar-refractivity contribution >= 4 is 17.9 Å². The number of carboxylic acid groups (broad SMARTS) is 3. The van der Waals surface area contributed by atoms with E-state index < -0.39 is 17.9 Å². The van der Waals surface area contributed by atoms with Crippen molar-refractivity contribution in [2.75, 3.05) is 0 Å². The number of unbranched alkanes of at least 4 members (excludes halogenated alkanes) is 30. The average Bonchev–Trinajstić information content (AvgIpc) is 3.05. The van der Waals surface area contributed by atoms with Crippen LogP contribution in [0.1, 0.15) is 252 Å². The maximum atomic E-state index is 10.1. The molecule has 0 fully saturated rings. The molecule has 0 aliphatic rings. The third-order valence-corrected chi connectivity index (χ3v) is 8.95. The van der Waals surface area contributed by atoms with Crippen LogP contribution in [-0.4, -0.2) is 17.9 Å². The monoisotopic (exact) mass is 784 g/mol. The van der Waals surface area contributed by atoms with Crippen molar-refractivity contribution in [2.45, 2.75) is 252 Å². The molecule has 0 aromatic rings. The van der Waals surface area contributed by atoms with E-state index in [1.54, 1.807) is 0 Å². The molecule has 0 aliphatic carbocycles. The topological polar surface area (TPSA) is 120 Å². The molecule has 0 saturated carbocycles. The van der Waals surface area contributed by atoms with Gasteiger partial charge in [-0.05, 0) is 38.5 Å². The first-order valence-electron chi connectivity index (χ1n) is 20.9. The molecule has 0 N–H and O–H groups in total. The van der Waals surface area contributed by atoms with Crippen LogP contribution in [0.4, 0.5) is 0 Å². The zero-order valence-electron chi connectivity index (χ0n) is 32.8. The predicted molar refractivity (Wildman–Crippen MR) is 198 cm³/mol. The predicted octanol–water partition coefficient (Wildman–Crippen LogP) is 10.3. The first kappa shape index (κ1) is 54.8. The van der Waals surface area contributed by atoms with E-state index in [9.17, 15) is 29.7 Å². The largest absolute Gasteiger partial charge is 3.00 e. The van der Waals surface area contributed by atoms with Gasteiger partial charge in [0.05, 0.1) is 0 Å². The summed E-state index contributed by atoms with van der Waals surface area (Å²) in [5, 5.41) is 30.4. The summed E-state index contributed by atoms with van der Waals surface area (Å²) in [6, 6.07) is 0. The molecule has 0 bridgehead atoms. The van der Waals surface area contributed by atoms with E-state index in [1.807, 2.05) is 0 Å². The van der Waals surface area contributed by atoms with Crippen LogP contribution in [0.25, 0.3) is 0 Å². The van der Waals surface area contributed by atoms with Gasteiger partial charge in [-0.3, -0.25) is 0 Å². The minimum atomic E-state index is -0.907. The quantitative estimate of drug-likeness (QED) is 0.0461. The van der Waals surface area contributed by atoms with Crippen molar-refractivity contribution in [3.63, 3.8) is 0 Å². The SMILES string of the molecule is CCCCCCCCCCCCCC(=O)[O-].CCCCCCCCCCCCCC(=O)[O-].CCCCCCCCCCCCCC(=O)[O-].[Ru+3]. The van der Waals surface area contributed by atoms with Gasteiger partial charge in [0, 0.05) is 17.9 Å². The Morgan fingerprint density at radius 2 is 0.388 bits per heavy atom. The molecule has 0 amide bonds. The fraction of sp³-hybridized carbons (Fsp3) is 0.929. The molecule has 0 atom stereocenters. The van der Waals surface area contributed by atoms with E-state index in [4.69, 9.17) is 0 Å². The molecule has 0 spiro atoms. The number of carbonyl (C=O) groups is 3. The third kappa shape index (κ3) is 65.9. The maximum Gasteiger partial charge on any atom is 3.00 e. The minimum Gasteiger partial charge on any atom is -0.550 e. The zero-order chi connectivity index (χ0) is 36.2. The molecule has 0 aromatic carbocycles. The second-order valence-electron chi connectivity index (χ2n) is 14.0. The smallest absolute Gasteiger partial charge is 0.550 e. The van der Waals surface area contributed by atoms with Crippen LogP contribution in [0.5, 0.6) is 0 Å². The molecule has 293 valence electrons. The number of rotatable bonds is 36. The van der Waals surface area contributed by atoms with Crippen molar-refractivity contribution < 1.29 is 49.2 Å². The molecule has 0 aromatic heterocycles. The Bertz CT molecular complexity index is 557. The molecule has 6 nitrogen and oxygen atoms in total. The Morgan fingerprint density at radius 1 is 0.265 bits per heavy atom.